The van der Waals surface area contributed by atoms with Crippen LogP contribution >= 0.6 is 0 Å². The Hall–Kier alpha value is -1.06. The summed E-state index contributed by atoms with van der Waals surface area (Å²) in [4.78, 5) is 27.6. The van der Waals surface area contributed by atoms with E-state index in [0.29, 0.717) is 12.6 Å². The highest BCUT2D eigenvalue weighted by Gasteiger charge is 2.28. The van der Waals surface area contributed by atoms with Crippen LogP contribution in [0.15, 0.2) is 0 Å². The average Bonchev–Trinajstić information content (AvgIpc) is 2.90. The molecule has 2 fully saturated rings. The Morgan fingerprint density at radius 3 is 2.22 bits per heavy atom. The predicted molar refractivity (Wildman–Crippen MR) is 70.1 cm³/mol. The first-order chi connectivity index (χ1) is 8.68. The molecule has 0 aromatic carbocycles. The molecule has 4 heteroatoms. The first-order valence-electron chi connectivity index (χ1n) is 7.23. The molecule has 1 heterocycles. The summed E-state index contributed by atoms with van der Waals surface area (Å²) in [6.45, 7) is 3.62. The number of nitrogens with zero attached hydrogens (tertiary/aromatic N) is 2. The van der Waals surface area contributed by atoms with Gasteiger partial charge in [-0.15, -0.1) is 0 Å². The number of hydrogen-bond donors (Lipinski definition) is 0. The minimum atomic E-state index is 0.0484. The van der Waals surface area contributed by atoms with E-state index < -0.39 is 0 Å². The average molecular weight is 252 g/mol. The first kappa shape index (κ1) is 13.4. The molecule has 0 atom stereocenters. The number of carbonyl (C=O) groups excluding carboxylic acids is 2. The van der Waals surface area contributed by atoms with Gasteiger partial charge >= 0.3 is 0 Å². The maximum Gasteiger partial charge on any atom is 0.242 e. The number of rotatable bonds is 3. The second-order valence-corrected chi connectivity index (χ2v) is 5.53. The second-order valence-electron chi connectivity index (χ2n) is 5.53. The fourth-order valence-corrected chi connectivity index (χ4v) is 3.10. The number of amides is 2. The maximum absolute atomic E-state index is 12.2. The molecule has 0 bridgehead atoms. The lowest BCUT2D eigenvalue weighted by atomic mass is 10.1. The van der Waals surface area contributed by atoms with E-state index in [-0.39, 0.29) is 11.8 Å². The van der Waals surface area contributed by atoms with Crippen molar-refractivity contribution in [3.63, 3.8) is 0 Å². The zero-order valence-corrected chi connectivity index (χ0v) is 11.4. The number of likely N-dealkylation sites (tertiary alicyclic amines) is 1. The van der Waals surface area contributed by atoms with Crippen LogP contribution in [0.5, 0.6) is 0 Å². The molecule has 2 aliphatic rings. The predicted octanol–water partition coefficient (Wildman–Crippen LogP) is 1.79. The van der Waals surface area contributed by atoms with E-state index in [9.17, 15) is 9.59 Å². The van der Waals surface area contributed by atoms with Crippen LogP contribution in [0.25, 0.3) is 0 Å². The van der Waals surface area contributed by atoms with E-state index in [4.69, 9.17) is 0 Å². The summed E-state index contributed by atoms with van der Waals surface area (Å²) in [7, 11) is 0. The molecule has 0 N–H and O–H groups in total. The van der Waals surface area contributed by atoms with E-state index in [1.54, 1.807) is 11.8 Å². The lowest BCUT2D eigenvalue weighted by Crippen LogP contribution is -2.47. The highest BCUT2D eigenvalue weighted by Crippen LogP contribution is 2.23. The van der Waals surface area contributed by atoms with Crippen LogP contribution in [0.4, 0.5) is 0 Å². The summed E-state index contributed by atoms with van der Waals surface area (Å²) in [6, 6.07) is 0.302. The van der Waals surface area contributed by atoms with E-state index in [2.05, 4.69) is 0 Å². The standard InChI is InChI=1S/C14H24N2O2/c1-12(17)16(13-7-3-4-8-13)11-14(18)15-9-5-2-6-10-15/h13H,2-11H2,1H3. The number of piperidine rings is 1. The van der Waals surface area contributed by atoms with Crippen molar-refractivity contribution in [3.05, 3.63) is 0 Å². The molecule has 0 aromatic rings. The van der Waals surface area contributed by atoms with Gasteiger partial charge in [0.05, 0.1) is 6.54 Å². The molecular weight excluding hydrogens is 228 g/mol. The molecule has 4 nitrogen and oxygen atoms in total. The van der Waals surface area contributed by atoms with Crippen molar-refractivity contribution in [3.8, 4) is 0 Å². The zero-order chi connectivity index (χ0) is 13.0. The van der Waals surface area contributed by atoms with Gasteiger partial charge in [0, 0.05) is 26.1 Å². The fraction of sp³-hybridized carbons (Fsp3) is 0.857. The van der Waals surface area contributed by atoms with Crippen molar-refractivity contribution in [2.45, 2.75) is 57.9 Å². The Balaban J connectivity index is 1.91. The Labute approximate surface area is 109 Å². The van der Waals surface area contributed by atoms with Gasteiger partial charge in [0.2, 0.25) is 11.8 Å². The molecule has 1 aliphatic heterocycles. The third kappa shape index (κ3) is 3.24. The van der Waals surface area contributed by atoms with Crippen molar-refractivity contribution in [1.29, 1.82) is 0 Å². The molecule has 2 rings (SSSR count). The quantitative estimate of drug-likeness (QED) is 0.768. The third-order valence-electron chi connectivity index (χ3n) is 4.18. The van der Waals surface area contributed by atoms with Gasteiger partial charge < -0.3 is 9.80 Å². The van der Waals surface area contributed by atoms with E-state index in [1.807, 2.05) is 4.90 Å². The molecular formula is C14H24N2O2. The SMILES string of the molecule is CC(=O)N(CC(=O)N1CCCCC1)C1CCCC1. The molecule has 1 aliphatic carbocycles. The minimum Gasteiger partial charge on any atom is -0.341 e. The minimum absolute atomic E-state index is 0.0484. The third-order valence-corrected chi connectivity index (χ3v) is 4.18. The lowest BCUT2D eigenvalue weighted by Gasteiger charge is -2.32. The summed E-state index contributed by atoms with van der Waals surface area (Å²) < 4.78 is 0. The van der Waals surface area contributed by atoms with Crippen LogP contribution in [0, 0.1) is 0 Å². The molecule has 1 saturated heterocycles. The topological polar surface area (TPSA) is 40.6 Å². The van der Waals surface area contributed by atoms with Gasteiger partial charge in [-0.2, -0.15) is 0 Å². The highest BCUT2D eigenvalue weighted by atomic mass is 16.2. The Morgan fingerprint density at radius 1 is 1.06 bits per heavy atom. The van der Waals surface area contributed by atoms with Gasteiger partial charge in [0.15, 0.2) is 0 Å². The van der Waals surface area contributed by atoms with Crippen LogP contribution < -0.4 is 0 Å². The Kier molecular flexibility index (Phi) is 4.61. The van der Waals surface area contributed by atoms with Crippen LogP contribution in [-0.4, -0.2) is 47.3 Å². The molecule has 0 radical (unpaired) electrons. The molecule has 102 valence electrons. The van der Waals surface area contributed by atoms with Crippen LogP contribution in [0.3, 0.4) is 0 Å². The van der Waals surface area contributed by atoms with Crippen LogP contribution in [0.2, 0.25) is 0 Å². The number of hydrogen-bond acceptors (Lipinski definition) is 2. The smallest absolute Gasteiger partial charge is 0.242 e. The normalized spacial score (nSPS) is 21.1. The van der Waals surface area contributed by atoms with E-state index in [0.717, 1.165) is 38.8 Å². The second kappa shape index (κ2) is 6.21. The van der Waals surface area contributed by atoms with Gasteiger partial charge in [0.25, 0.3) is 0 Å². The van der Waals surface area contributed by atoms with Crippen molar-refractivity contribution in [1.82, 2.24) is 9.80 Å². The summed E-state index contributed by atoms with van der Waals surface area (Å²) >= 11 is 0. The fourth-order valence-electron chi connectivity index (χ4n) is 3.10. The lowest BCUT2D eigenvalue weighted by molar-refractivity contribution is -0.141. The highest BCUT2D eigenvalue weighted by molar-refractivity contribution is 5.84. The van der Waals surface area contributed by atoms with Gasteiger partial charge in [-0.1, -0.05) is 12.8 Å². The summed E-state index contributed by atoms with van der Waals surface area (Å²) in [6.07, 6.45) is 7.94. The molecule has 2 amide bonds. The molecule has 0 unspecified atom stereocenters. The number of carbonyl (C=O) groups is 2. The molecule has 18 heavy (non-hydrogen) atoms. The largest absolute Gasteiger partial charge is 0.341 e. The van der Waals surface area contributed by atoms with Crippen molar-refractivity contribution < 1.29 is 9.59 Å². The molecule has 0 aromatic heterocycles. The maximum atomic E-state index is 12.2. The van der Waals surface area contributed by atoms with Gasteiger partial charge in [-0.3, -0.25) is 9.59 Å². The van der Waals surface area contributed by atoms with Gasteiger partial charge in [-0.25, -0.2) is 0 Å². The summed E-state index contributed by atoms with van der Waals surface area (Å²) in [5.74, 6) is 0.184. The van der Waals surface area contributed by atoms with Crippen LogP contribution in [0.1, 0.15) is 51.9 Å². The van der Waals surface area contributed by atoms with Gasteiger partial charge in [-0.05, 0) is 32.1 Å². The molecule has 1 saturated carbocycles. The summed E-state index contributed by atoms with van der Waals surface area (Å²) in [5, 5.41) is 0. The Bertz CT molecular complexity index is 305. The van der Waals surface area contributed by atoms with Crippen molar-refractivity contribution in [2.75, 3.05) is 19.6 Å². The zero-order valence-electron chi connectivity index (χ0n) is 11.4. The van der Waals surface area contributed by atoms with E-state index >= 15 is 0 Å². The Morgan fingerprint density at radius 2 is 1.67 bits per heavy atom. The van der Waals surface area contributed by atoms with Crippen molar-refractivity contribution >= 4 is 11.8 Å². The van der Waals surface area contributed by atoms with Gasteiger partial charge in [0.1, 0.15) is 0 Å². The summed E-state index contributed by atoms with van der Waals surface area (Å²) in [5.41, 5.74) is 0. The van der Waals surface area contributed by atoms with Crippen molar-refractivity contribution in [2.24, 2.45) is 0 Å². The van der Waals surface area contributed by atoms with E-state index in [1.165, 1.54) is 19.3 Å². The molecule has 0 spiro atoms. The van der Waals surface area contributed by atoms with Crippen LogP contribution in [-0.2, 0) is 9.59 Å². The monoisotopic (exact) mass is 252 g/mol. The first-order valence-corrected chi connectivity index (χ1v) is 7.23.